The predicted molar refractivity (Wildman–Crippen MR) is 117 cm³/mol. The van der Waals surface area contributed by atoms with Gasteiger partial charge in [0.25, 0.3) is 0 Å². The summed E-state index contributed by atoms with van der Waals surface area (Å²) in [5.74, 6) is 0.547. The molecule has 7 nitrogen and oxygen atoms in total. The van der Waals surface area contributed by atoms with Gasteiger partial charge in [-0.15, -0.1) is 0 Å². The van der Waals surface area contributed by atoms with Gasteiger partial charge in [-0.25, -0.2) is 9.97 Å². The topological polar surface area (TPSA) is 95.2 Å². The van der Waals surface area contributed by atoms with E-state index in [0.29, 0.717) is 5.92 Å². The third kappa shape index (κ3) is 2.86. The molecule has 6 rings (SSSR count). The molecule has 6 heterocycles. The van der Waals surface area contributed by atoms with E-state index in [1.165, 1.54) is 5.56 Å². The van der Waals surface area contributed by atoms with Gasteiger partial charge >= 0.3 is 0 Å². The van der Waals surface area contributed by atoms with E-state index in [1.807, 2.05) is 42.9 Å². The van der Waals surface area contributed by atoms with E-state index >= 15 is 0 Å². The van der Waals surface area contributed by atoms with Gasteiger partial charge in [0, 0.05) is 34.9 Å². The number of rotatable bonds is 3. The zero-order valence-corrected chi connectivity index (χ0v) is 16.4. The lowest BCUT2D eigenvalue weighted by atomic mass is 9.91. The molecule has 0 unspecified atom stereocenters. The second kappa shape index (κ2) is 7.03. The number of aromatic nitrogens is 6. The number of fused-ring (bicyclic) bond motifs is 2. The quantitative estimate of drug-likeness (QED) is 0.429. The van der Waals surface area contributed by atoms with Crippen molar-refractivity contribution in [1.29, 1.82) is 0 Å². The molecule has 3 N–H and O–H groups in total. The molecule has 1 saturated heterocycles. The fourth-order valence-corrected chi connectivity index (χ4v) is 4.40. The van der Waals surface area contributed by atoms with Gasteiger partial charge in [0.1, 0.15) is 11.3 Å². The summed E-state index contributed by atoms with van der Waals surface area (Å²) >= 11 is 0. The maximum Gasteiger partial charge on any atom is 0.155 e. The normalized spacial score (nSPS) is 15.2. The minimum Gasteiger partial charge on any atom is -0.338 e. The zero-order chi connectivity index (χ0) is 19.9. The van der Waals surface area contributed by atoms with Crippen molar-refractivity contribution in [3.63, 3.8) is 0 Å². The lowest BCUT2D eigenvalue weighted by Gasteiger charge is -2.22. The van der Waals surface area contributed by atoms with Crippen LogP contribution in [0.4, 0.5) is 0 Å². The molecule has 0 atom stereocenters. The van der Waals surface area contributed by atoms with Crippen molar-refractivity contribution in [3.8, 4) is 22.6 Å². The van der Waals surface area contributed by atoms with Crippen LogP contribution in [-0.2, 0) is 0 Å². The van der Waals surface area contributed by atoms with E-state index in [0.717, 1.165) is 70.6 Å². The summed E-state index contributed by atoms with van der Waals surface area (Å²) in [6, 6.07) is 12.3. The van der Waals surface area contributed by atoms with Gasteiger partial charge in [-0.1, -0.05) is 6.07 Å². The van der Waals surface area contributed by atoms with E-state index in [-0.39, 0.29) is 0 Å². The molecule has 148 valence electrons. The molecule has 0 aliphatic carbocycles. The van der Waals surface area contributed by atoms with Crippen molar-refractivity contribution < 1.29 is 0 Å². The summed E-state index contributed by atoms with van der Waals surface area (Å²) in [6.45, 7) is 2.12. The minimum atomic E-state index is 0.547. The van der Waals surface area contributed by atoms with E-state index in [2.05, 4.69) is 47.6 Å². The number of nitrogens with one attached hydrogen (secondary N) is 3. The first-order chi connectivity index (χ1) is 14.9. The van der Waals surface area contributed by atoms with E-state index in [9.17, 15) is 0 Å². The summed E-state index contributed by atoms with van der Waals surface area (Å²) < 4.78 is 0. The van der Waals surface area contributed by atoms with Crippen molar-refractivity contribution in [2.75, 3.05) is 13.1 Å². The van der Waals surface area contributed by atoms with Crippen LogP contribution in [0.3, 0.4) is 0 Å². The lowest BCUT2D eigenvalue weighted by Crippen LogP contribution is -2.26. The van der Waals surface area contributed by atoms with E-state index < -0.39 is 0 Å². The maximum absolute atomic E-state index is 4.64. The van der Waals surface area contributed by atoms with Gasteiger partial charge in [-0.05, 0) is 67.7 Å². The highest BCUT2D eigenvalue weighted by Gasteiger charge is 2.19. The van der Waals surface area contributed by atoms with Crippen LogP contribution in [0.5, 0.6) is 0 Å². The number of pyridine rings is 3. The van der Waals surface area contributed by atoms with Crippen LogP contribution in [0.2, 0.25) is 0 Å². The van der Waals surface area contributed by atoms with E-state index in [1.54, 1.807) is 0 Å². The highest BCUT2D eigenvalue weighted by molar-refractivity contribution is 5.98. The Bertz CT molecular complexity index is 1330. The molecule has 0 bridgehead atoms. The lowest BCUT2D eigenvalue weighted by molar-refractivity contribution is 0.460. The standard InChI is InChI=1S/C23H21N7/c1-2-7-25-19(3-1)16-6-10-26-22-17(16)12-20(28-22)21-18-11-15(13-27-23(18)30-29-21)14-4-8-24-9-5-14/h1-3,6-7,10-14,24H,4-5,8-9H2,(H,26,28)(H,27,29,30). The van der Waals surface area contributed by atoms with Crippen LogP contribution in [0.1, 0.15) is 24.3 Å². The summed E-state index contributed by atoms with van der Waals surface area (Å²) in [4.78, 5) is 17.1. The third-order valence-electron chi connectivity index (χ3n) is 5.98. The molecular weight excluding hydrogens is 374 g/mol. The monoisotopic (exact) mass is 395 g/mol. The third-order valence-corrected chi connectivity index (χ3v) is 5.98. The highest BCUT2D eigenvalue weighted by Crippen LogP contribution is 2.34. The van der Waals surface area contributed by atoms with Gasteiger partial charge in [-0.2, -0.15) is 5.10 Å². The molecule has 30 heavy (non-hydrogen) atoms. The molecule has 5 aromatic heterocycles. The Morgan fingerprint density at radius 1 is 0.867 bits per heavy atom. The van der Waals surface area contributed by atoms with E-state index in [4.69, 9.17) is 0 Å². The first-order valence-corrected chi connectivity index (χ1v) is 10.3. The van der Waals surface area contributed by atoms with Crippen molar-refractivity contribution in [2.24, 2.45) is 0 Å². The smallest absolute Gasteiger partial charge is 0.155 e. The molecule has 1 fully saturated rings. The van der Waals surface area contributed by atoms with Gasteiger partial charge in [0.2, 0.25) is 0 Å². The molecule has 0 spiro atoms. The number of nitrogens with zero attached hydrogens (tertiary/aromatic N) is 4. The predicted octanol–water partition coefficient (Wildman–Crippen LogP) is 4.03. The first-order valence-electron chi connectivity index (χ1n) is 10.3. The second-order valence-electron chi connectivity index (χ2n) is 7.78. The Kier molecular flexibility index (Phi) is 4.06. The average molecular weight is 395 g/mol. The zero-order valence-electron chi connectivity index (χ0n) is 16.4. The van der Waals surface area contributed by atoms with Crippen LogP contribution in [0.15, 0.2) is 55.0 Å². The first kappa shape index (κ1) is 17.3. The van der Waals surface area contributed by atoms with Crippen molar-refractivity contribution in [1.82, 2.24) is 35.5 Å². The van der Waals surface area contributed by atoms with Crippen LogP contribution < -0.4 is 5.32 Å². The van der Waals surface area contributed by atoms with Crippen LogP contribution in [-0.4, -0.2) is 43.2 Å². The fraction of sp³-hybridized carbons (Fsp3) is 0.217. The summed E-state index contributed by atoms with van der Waals surface area (Å²) in [6.07, 6.45) is 7.90. The highest BCUT2D eigenvalue weighted by atomic mass is 15.2. The molecule has 1 aliphatic heterocycles. The molecular formula is C23H21N7. The van der Waals surface area contributed by atoms with Crippen LogP contribution >= 0.6 is 0 Å². The summed E-state index contributed by atoms with van der Waals surface area (Å²) in [7, 11) is 0. The SMILES string of the molecule is c1ccc(-c2ccnc3[nH]c(-c4n[nH]c5ncc(C6CCNCC6)cc45)cc23)nc1. The molecule has 7 heteroatoms. The fourth-order valence-electron chi connectivity index (χ4n) is 4.40. The minimum absolute atomic E-state index is 0.547. The van der Waals surface area contributed by atoms with Crippen molar-refractivity contribution >= 4 is 22.1 Å². The summed E-state index contributed by atoms with van der Waals surface area (Å²) in [5.41, 5.74) is 6.70. The Morgan fingerprint density at radius 3 is 2.67 bits per heavy atom. The number of hydrogen-bond donors (Lipinski definition) is 3. The molecule has 0 aromatic carbocycles. The van der Waals surface area contributed by atoms with Gasteiger partial charge in [0.05, 0.1) is 11.4 Å². The average Bonchev–Trinajstić information content (AvgIpc) is 3.43. The molecule has 0 saturated carbocycles. The van der Waals surface area contributed by atoms with Gasteiger partial charge in [-0.3, -0.25) is 10.1 Å². The molecule has 0 amide bonds. The van der Waals surface area contributed by atoms with Crippen molar-refractivity contribution in [3.05, 3.63) is 60.6 Å². The summed E-state index contributed by atoms with van der Waals surface area (Å²) in [5, 5.41) is 13.2. The van der Waals surface area contributed by atoms with Crippen LogP contribution in [0.25, 0.3) is 44.7 Å². The van der Waals surface area contributed by atoms with Crippen LogP contribution in [0, 0.1) is 0 Å². The van der Waals surface area contributed by atoms with Gasteiger partial charge < -0.3 is 10.3 Å². The number of hydrogen-bond acceptors (Lipinski definition) is 5. The molecule has 5 aromatic rings. The largest absolute Gasteiger partial charge is 0.338 e. The Labute approximate surface area is 173 Å². The maximum atomic E-state index is 4.64. The second-order valence-corrected chi connectivity index (χ2v) is 7.78. The number of H-pyrrole nitrogens is 2. The molecule has 1 aliphatic rings. The Morgan fingerprint density at radius 2 is 1.80 bits per heavy atom. The molecule has 0 radical (unpaired) electrons. The number of aromatic amines is 2. The Balaban J connectivity index is 1.47. The van der Waals surface area contributed by atoms with Gasteiger partial charge in [0.15, 0.2) is 5.65 Å². The Hall–Kier alpha value is -3.58. The number of piperidine rings is 1. The van der Waals surface area contributed by atoms with Crippen molar-refractivity contribution in [2.45, 2.75) is 18.8 Å².